The first kappa shape index (κ1) is 17.1. The summed E-state index contributed by atoms with van der Waals surface area (Å²) < 4.78 is 0. The number of rotatable bonds is 2. The molecule has 130 valence electrons. The van der Waals surface area contributed by atoms with Crippen LogP contribution >= 0.6 is 23.2 Å². The quantitative estimate of drug-likeness (QED) is 0.549. The standard InChI is InChI=1S/C20H16Cl2N4/c1-23-15-3-2-8-26(11-15)20-17-9-16(13-4-6-14(21)7-5-13)18(22)10-19(17)24-12-25-20/h4-7,9-10,12,15H,2-3,8,11H2. The minimum atomic E-state index is 0.0248. The molecule has 0 saturated carbocycles. The van der Waals surface area contributed by atoms with Crippen molar-refractivity contribution in [2.45, 2.75) is 18.9 Å². The third-order valence-electron chi connectivity index (χ3n) is 4.74. The van der Waals surface area contributed by atoms with Gasteiger partial charge in [0.1, 0.15) is 12.1 Å². The highest BCUT2D eigenvalue weighted by molar-refractivity contribution is 6.34. The predicted octanol–water partition coefficient (Wildman–Crippen LogP) is 5.49. The first-order valence-electron chi connectivity index (χ1n) is 8.47. The van der Waals surface area contributed by atoms with Gasteiger partial charge in [-0.25, -0.2) is 16.5 Å². The molecule has 2 aromatic carbocycles. The molecule has 1 aliphatic heterocycles. The normalized spacial score (nSPS) is 17.3. The molecule has 1 fully saturated rings. The smallest absolute Gasteiger partial charge is 0.241 e. The number of aromatic nitrogens is 2. The fourth-order valence-corrected chi connectivity index (χ4v) is 3.81. The summed E-state index contributed by atoms with van der Waals surface area (Å²) in [6.45, 7) is 8.94. The molecule has 1 aromatic heterocycles. The SMILES string of the molecule is [C-]#[N+]C1CCCN(c2ncnc3cc(Cl)c(-c4ccc(Cl)cc4)cc23)C1. The zero-order valence-corrected chi connectivity index (χ0v) is 15.5. The molecule has 2 heterocycles. The Hall–Kier alpha value is -2.35. The van der Waals surface area contributed by atoms with E-state index in [9.17, 15) is 0 Å². The van der Waals surface area contributed by atoms with Gasteiger partial charge in [0.05, 0.1) is 17.1 Å². The van der Waals surface area contributed by atoms with Crippen LogP contribution in [-0.2, 0) is 0 Å². The van der Waals surface area contributed by atoms with Gasteiger partial charge in [-0.2, -0.15) is 0 Å². The summed E-state index contributed by atoms with van der Waals surface area (Å²) in [6, 6.07) is 11.6. The second-order valence-electron chi connectivity index (χ2n) is 6.42. The summed E-state index contributed by atoms with van der Waals surface area (Å²) in [5.41, 5.74) is 2.72. The number of fused-ring (bicyclic) bond motifs is 1. The Morgan fingerprint density at radius 2 is 1.92 bits per heavy atom. The molecular weight excluding hydrogens is 367 g/mol. The molecule has 4 nitrogen and oxygen atoms in total. The maximum atomic E-state index is 7.34. The Morgan fingerprint density at radius 3 is 2.69 bits per heavy atom. The Labute approximate surface area is 162 Å². The number of piperidine rings is 1. The highest BCUT2D eigenvalue weighted by Gasteiger charge is 2.25. The van der Waals surface area contributed by atoms with E-state index in [1.165, 1.54) is 0 Å². The molecule has 1 atom stereocenters. The molecule has 0 aliphatic carbocycles. The van der Waals surface area contributed by atoms with Crippen molar-refractivity contribution < 1.29 is 0 Å². The fraction of sp³-hybridized carbons (Fsp3) is 0.250. The predicted molar refractivity (Wildman–Crippen MR) is 107 cm³/mol. The Balaban J connectivity index is 1.83. The lowest BCUT2D eigenvalue weighted by atomic mass is 10.0. The lowest BCUT2D eigenvalue weighted by Gasteiger charge is -2.29. The Morgan fingerprint density at radius 1 is 1.12 bits per heavy atom. The van der Waals surface area contributed by atoms with E-state index in [1.54, 1.807) is 6.33 Å². The summed E-state index contributed by atoms with van der Waals surface area (Å²) in [6.07, 6.45) is 3.51. The van der Waals surface area contributed by atoms with Crippen LogP contribution in [0.3, 0.4) is 0 Å². The van der Waals surface area contributed by atoms with Gasteiger partial charge < -0.3 is 9.74 Å². The molecule has 26 heavy (non-hydrogen) atoms. The van der Waals surface area contributed by atoms with E-state index in [1.807, 2.05) is 36.4 Å². The average Bonchev–Trinajstić information content (AvgIpc) is 2.68. The van der Waals surface area contributed by atoms with Crippen LogP contribution in [0.25, 0.3) is 26.9 Å². The lowest BCUT2D eigenvalue weighted by molar-refractivity contribution is 0.548. The van der Waals surface area contributed by atoms with Crippen LogP contribution in [0.1, 0.15) is 12.8 Å². The van der Waals surface area contributed by atoms with Gasteiger partial charge in [0.25, 0.3) is 0 Å². The monoisotopic (exact) mass is 382 g/mol. The van der Waals surface area contributed by atoms with Gasteiger partial charge in [0.15, 0.2) is 0 Å². The second kappa shape index (κ2) is 7.11. The highest BCUT2D eigenvalue weighted by Crippen LogP contribution is 2.35. The summed E-state index contributed by atoms with van der Waals surface area (Å²) in [5, 5.41) is 2.28. The first-order chi connectivity index (χ1) is 12.7. The minimum absolute atomic E-state index is 0.0248. The van der Waals surface area contributed by atoms with E-state index >= 15 is 0 Å². The maximum absolute atomic E-state index is 7.34. The van der Waals surface area contributed by atoms with Crippen molar-refractivity contribution in [2.24, 2.45) is 0 Å². The van der Waals surface area contributed by atoms with E-state index in [0.29, 0.717) is 16.6 Å². The van der Waals surface area contributed by atoms with Crippen LogP contribution in [-0.4, -0.2) is 29.1 Å². The molecule has 3 aromatic rings. The zero-order valence-electron chi connectivity index (χ0n) is 14.0. The van der Waals surface area contributed by atoms with Gasteiger partial charge in [-0.1, -0.05) is 35.3 Å². The topological polar surface area (TPSA) is 33.4 Å². The van der Waals surface area contributed by atoms with Crippen LogP contribution in [0.4, 0.5) is 5.82 Å². The number of hydrogen-bond donors (Lipinski definition) is 0. The summed E-state index contributed by atoms with van der Waals surface area (Å²) in [4.78, 5) is 14.8. The first-order valence-corrected chi connectivity index (χ1v) is 9.23. The number of nitrogens with zero attached hydrogens (tertiary/aromatic N) is 4. The molecule has 0 radical (unpaired) electrons. The van der Waals surface area contributed by atoms with Gasteiger partial charge in [-0.3, -0.25) is 0 Å². The number of halogens is 2. The molecule has 0 spiro atoms. The Bertz CT molecular complexity index is 995. The molecule has 4 rings (SSSR count). The number of anilines is 1. The molecule has 1 unspecified atom stereocenters. The van der Waals surface area contributed by atoms with Crippen LogP contribution < -0.4 is 4.90 Å². The number of hydrogen-bond acceptors (Lipinski definition) is 3. The van der Waals surface area contributed by atoms with Gasteiger partial charge in [0.2, 0.25) is 6.04 Å². The molecule has 0 bridgehead atoms. The highest BCUT2D eigenvalue weighted by atomic mass is 35.5. The van der Waals surface area contributed by atoms with E-state index in [4.69, 9.17) is 29.8 Å². The molecular formula is C20H16Cl2N4. The Kier molecular flexibility index (Phi) is 4.67. The van der Waals surface area contributed by atoms with Crippen LogP contribution in [0.2, 0.25) is 10.0 Å². The van der Waals surface area contributed by atoms with E-state index in [-0.39, 0.29) is 6.04 Å². The van der Waals surface area contributed by atoms with Crippen LogP contribution in [0.5, 0.6) is 0 Å². The van der Waals surface area contributed by atoms with Crippen molar-refractivity contribution in [3.05, 3.63) is 64.2 Å². The van der Waals surface area contributed by atoms with Crippen molar-refractivity contribution in [1.82, 2.24) is 9.97 Å². The third kappa shape index (κ3) is 3.21. The molecule has 0 N–H and O–H groups in total. The van der Waals surface area contributed by atoms with Crippen molar-refractivity contribution in [3.8, 4) is 11.1 Å². The van der Waals surface area contributed by atoms with E-state index < -0.39 is 0 Å². The molecule has 1 aliphatic rings. The van der Waals surface area contributed by atoms with Gasteiger partial charge in [-0.15, -0.1) is 0 Å². The molecule has 1 saturated heterocycles. The van der Waals surface area contributed by atoms with Gasteiger partial charge in [-0.05, 0) is 36.2 Å². The minimum Gasteiger partial charge on any atom is -0.348 e. The molecule has 6 heteroatoms. The lowest BCUT2D eigenvalue weighted by Crippen LogP contribution is -2.37. The van der Waals surface area contributed by atoms with E-state index in [2.05, 4.69) is 19.7 Å². The fourth-order valence-electron chi connectivity index (χ4n) is 3.42. The van der Waals surface area contributed by atoms with Crippen molar-refractivity contribution in [1.29, 1.82) is 0 Å². The van der Waals surface area contributed by atoms with Crippen molar-refractivity contribution in [3.63, 3.8) is 0 Å². The summed E-state index contributed by atoms with van der Waals surface area (Å²) in [7, 11) is 0. The van der Waals surface area contributed by atoms with E-state index in [0.717, 1.165) is 47.2 Å². The molecule has 0 amide bonds. The largest absolute Gasteiger partial charge is 0.348 e. The number of benzene rings is 2. The maximum Gasteiger partial charge on any atom is 0.241 e. The summed E-state index contributed by atoms with van der Waals surface area (Å²) in [5.74, 6) is 0.871. The van der Waals surface area contributed by atoms with Crippen molar-refractivity contribution in [2.75, 3.05) is 18.0 Å². The third-order valence-corrected chi connectivity index (χ3v) is 5.30. The van der Waals surface area contributed by atoms with Gasteiger partial charge in [0, 0.05) is 28.9 Å². The summed E-state index contributed by atoms with van der Waals surface area (Å²) >= 11 is 12.5. The van der Waals surface area contributed by atoms with Crippen molar-refractivity contribution >= 4 is 39.9 Å². The zero-order chi connectivity index (χ0) is 18.1. The average molecular weight is 383 g/mol. The second-order valence-corrected chi connectivity index (χ2v) is 7.27. The van der Waals surface area contributed by atoms with Gasteiger partial charge >= 0.3 is 0 Å². The van der Waals surface area contributed by atoms with Crippen LogP contribution in [0.15, 0.2) is 42.7 Å². The van der Waals surface area contributed by atoms with Crippen LogP contribution in [0, 0.1) is 6.57 Å².